The largest absolute Gasteiger partial charge is 0.340 e. The fourth-order valence-electron chi connectivity index (χ4n) is 2.46. The Morgan fingerprint density at radius 3 is 2.38 bits per heavy atom. The molecule has 1 atom stereocenters. The summed E-state index contributed by atoms with van der Waals surface area (Å²) in [6.07, 6.45) is 3.86. The first-order valence-corrected chi connectivity index (χ1v) is 7.85. The Balaban J connectivity index is 1.76. The van der Waals surface area contributed by atoms with Crippen molar-refractivity contribution in [3.05, 3.63) is 53.3 Å². The van der Waals surface area contributed by atoms with E-state index in [1.54, 1.807) is 25.1 Å². The topological polar surface area (TPSA) is 68.6 Å². The molecule has 2 amide bonds. The molecule has 1 unspecified atom stereocenters. The molecule has 2 aromatic rings. The molecule has 1 aromatic carbocycles. The molecule has 7 heteroatoms. The third kappa shape index (κ3) is 3.05. The Morgan fingerprint density at radius 1 is 1.17 bits per heavy atom. The lowest BCUT2D eigenvalue weighted by molar-refractivity contribution is -0.198. The van der Waals surface area contributed by atoms with E-state index in [1.165, 1.54) is 0 Å². The van der Waals surface area contributed by atoms with Crippen LogP contribution in [0, 0.1) is 0 Å². The maximum absolute atomic E-state index is 12.2. The number of carbonyl (C=O) groups is 3. The molecule has 0 spiro atoms. The van der Waals surface area contributed by atoms with Crippen LogP contribution in [0.5, 0.6) is 0 Å². The normalized spacial score (nSPS) is 15.7. The molecule has 0 aliphatic carbocycles. The fraction of sp³-hybridized carbons (Fsp3) is 0.235. The van der Waals surface area contributed by atoms with Crippen LogP contribution in [-0.4, -0.2) is 27.4 Å². The van der Waals surface area contributed by atoms with Gasteiger partial charge < -0.3 is 9.40 Å². The van der Waals surface area contributed by atoms with E-state index in [0.717, 1.165) is 5.69 Å². The van der Waals surface area contributed by atoms with Crippen LogP contribution < -0.4 is 0 Å². The highest BCUT2D eigenvalue weighted by atomic mass is 35.5. The molecular formula is C17H15ClN2O4. The highest BCUT2D eigenvalue weighted by Gasteiger charge is 2.34. The van der Waals surface area contributed by atoms with Gasteiger partial charge >= 0.3 is 5.97 Å². The number of halogens is 1. The third-order valence-corrected chi connectivity index (χ3v) is 4.20. The van der Waals surface area contributed by atoms with E-state index in [-0.39, 0.29) is 12.8 Å². The monoisotopic (exact) mass is 346 g/mol. The van der Waals surface area contributed by atoms with E-state index in [0.29, 0.717) is 15.6 Å². The average molecular weight is 347 g/mol. The Bertz CT molecular complexity index is 785. The molecule has 1 aliphatic rings. The number of rotatable bonds is 4. The number of aromatic nitrogens is 1. The van der Waals surface area contributed by atoms with Gasteiger partial charge in [-0.15, -0.1) is 5.06 Å². The molecule has 1 saturated heterocycles. The van der Waals surface area contributed by atoms with E-state index in [1.807, 2.05) is 29.1 Å². The van der Waals surface area contributed by atoms with Crippen molar-refractivity contribution in [2.24, 2.45) is 0 Å². The van der Waals surface area contributed by atoms with Crippen LogP contribution in [0.1, 0.15) is 31.2 Å². The Hall–Kier alpha value is -2.60. The van der Waals surface area contributed by atoms with Crippen molar-refractivity contribution in [2.75, 3.05) is 0 Å². The van der Waals surface area contributed by atoms with Crippen LogP contribution >= 0.6 is 11.6 Å². The van der Waals surface area contributed by atoms with Gasteiger partial charge in [-0.05, 0) is 36.8 Å². The smallest absolute Gasteiger partial charge is 0.330 e. The Morgan fingerprint density at radius 2 is 1.79 bits per heavy atom. The lowest BCUT2D eigenvalue weighted by Gasteiger charge is -2.17. The number of imide groups is 1. The van der Waals surface area contributed by atoms with Gasteiger partial charge in [0, 0.05) is 25.2 Å². The zero-order valence-corrected chi connectivity index (χ0v) is 13.7. The number of hydrogen-bond donors (Lipinski definition) is 0. The van der Waals surface area contributed by atoms with Crippen LogP contribution in [0.25, 0.3) is 5.69 Å². The van der Waals surface area contributed by atoms with Gasteiger partial charge in [-0.3, -0.25) is 9.59 Å². The number of amides is 2. The third-order valence-electron chi connectivity index (χ3n) is 3.89. The summed E-state index contributed by atoms with van der Waals surface area (Å²) < 4.78 is 1.86. The zero-order chi connectivity index (χ0) is 17.3. The van der Waals surface area contributed by atoms with Crippen LogP contribution in [0.3, 0.4) is 0 Å². The highest BCUT2D eigenvalue weighted by Crippen LogP contribution is 2.27. The minimum absolute atomic E-state index is 0.0674. The van der Waals surface area contributed by atoms with Gasteiger partial charge in [-0.25, -0.2) is 4.79 Å². The molecule has 0 radical (unpaired) electrons. The molecule has 24 heavy (non-hydrogen) atoms. The zero-order valence-electron chi connectivity index (χ0n) is 12.9. The molecule has 1 fully saturated rings. The molecule has 2 heterocycles. The minimum atomic E-state index is -0.677. The summed E-state index contributed by atoms with van der Waals surface area (Å²) in [7, 11) is 0. The number of carbonyl (C=O) groups excluding carboxylic acids is 3. The second-order valence-electron chi connectivity index (χ2n) is 5.52. The predicted octanol–water partition coefficient (Wildman–Crippen LogP) is 2.84. The summed E-state index contributed by atoms with van der Waals surface area (Å²) in [5.41, 5.74) is 1.43. The lowest BCUT2D eigenvalue weighted by atomic mass is 10.0. The lowest BCUT2D eigenvalue weighted by Crippen LogP contribution is -2.33. The number of hydroxylamine groups is 2. The first-order chi connectivity index (χ1) is 11.5. The second kappa shape index (κ2) is 6.49. The Kier molecular flexibility index (Phi) is 4.40. The number of hydrogen-bond acceptors (Lipinski definition) is 4. The van der Waals surface area contributed by atoms with E-state index >= 15 is 0 Å². The minimum Gasteiger partial charge on any atom is -0.330 e. The Labute approximate surface area is 143 Å². The number of benzene rings is 1. The van der Waals surface area contributed by atoms with Crippen molar-refractivity contribution >= 4 is 29.4 Å². The van der Waals surface area contributed by atoms with Crippen LogP contribution in [-0.2, 0) is 19.2 Å². The van der Waals surface area contributed by atoms with E-state index in [4.69, 9.17) is 16.4 Å². The summed E-state index contributed by atoms with van der Waals surface area (Å²) in [5.74, 6) is -2.34. The molecule has 0 bridgehead atoms. The average Bonchev–Trinajstić information content (AvgIpc) is 3.19. The van der Waals surface area contributed by atoms with Crippen molar-refractivity contribution in [1.82, 2.24) is 9.63 Å². The van der Waals surface area contributed by atoms with Gasteiger partial charge in [-0.2, -0.15) is 0 Å². The van der Waals surface area contributed by atoms with Crippen LogP contribution in [0.15, 0.2) is 42.7 Å². The second-order valence-corrected chi connectivity index (χ2v) is 5.92. The van der Waals surface area contributed by atoms with Crippen molar-refractivity contribution in [3.8, 4) is 5.69 Å². The van der Waals surface area contributed by atoms with Gasteiger partial charge in [0.25, 0.3) is 11.8 Å². The predicted molar refractivity (Wildman–Crippen MR) is 86.4 cm³/mol. The first-order valence-electron chi connectivity index (χ1n) is 7.48. The van der Waals surface area contributed by atoms with Gasteiger partial charge in [0.05, 0.1) is 16.6 Å². The quantitative estimate of drug-likeness (QED) is 0.798. The summed E-state index contributed by atoms with van der Waals surface area (Å²) >= 11 is 6.29. The molecule has 6 nitrogen and oxygen atoms in total. The molecule has 3 rings (SSSR count). The molecule has 1 aliphatic heterocycles. The van der Waals surface area contributed by atoms with Crippen molar-refractivity contribution in [2.45, 2.75) is 25.7 Å². The van der Waals surface area contributed by atoms with Crippen molar-refractivity contribution in [3.63, 3.8) is 0 Å². The SMILES string of the molecule is CC(C(=O)ON1C(=O)CCC1=O)c1ccc(-n2cccc2)c(Cl)c1. The van der Waals surface area contributed by atoms with E-state index in [9.17, 15) is 14.4 Å². The van der Waals surface area contributed by atoms with Gasteiger partial charge in [-0.1, -0.05) is 17.7 Å². The van der Waals surface area contributed by atoms with Crippen molar-refractivity contribution < 1.29 is 19.2 Å². The number of nitrogens with zero attached hydrogens (tertiary/aromatic N) is 2. The van der Waals surface area contributed by atoms with E-state index in [2.05, 4.69) is 0 Å². The fourth-order valence-corrected chi connectivity index (χ4v) is 2.75. The van der Waals surface area contributed by atoms with E-state index < -0.39 is 23.7 Å². The van der Waals surface area contributed by atoms with Crippen LogP contribution in [0.4, 0.5) is 0 Å². The van der Waals surface area contributed by atoms with Gasteiger partial charge in [0.2, 0.25) is 0 Å². The maximum atomic E-state index is 12.2. The van der Waals surface area contributed by atoms with Crippen LogP contribution in [0.2, 0.25) is 5.02 Å². The summed E-state index contributed by atoms with van der Waals surface area (Å²) in [6.45, 7) is 1.63. The first kappa shape index (κ1) is 16.3. The van der Waals surface area contributed by atoms with Gasteiger partial charge in [0.1, 0.15) is 0 Å². The summed E-state index contributed by atoms with van der Waals surface area (Å²) in [6, 6.07) is 9.01. The van der Waals surface area contributed by atoms with Gasteiger partial charge in [0.15, 0.2) is 0 Å². The van der Waals surface area contributed by atoms with Crippen molar-refractivity contribution in [1.29, 1.82) is 0 Å². The highest BCUT2D eigenvalue weighted by molar-refractivity contribution is 6.32. The molecule has 1 aromatic heterocycles. The summed E-state index contributed by atoms with van der Waals surface area (Å²) in [5, 5.41) is 1.03. The summed E-state index contributed by atoms with van der Waals surface area (Å²) in [4.78, 5) is 40.2. The maximum Gasteiger partial charge on any atom is 0.340 e. The standard InChI is InChI=1S/C17H15ClN2O4/c1-11(17(23)24-20-15(21)6-7-16(20)22)12-4-5-14(13(18)10-12)19-8-2-3-9-19/h2-5,8-11H,6-7H2,1H3. The molecule has 0 saturated carbocycles. The molecule has 0 N–H and O–H groups in total. The molecule has 124 valence electrons. The molecular weight excluding hydrogens is 332 g/mol.